The SMILES string of the molecule is CC(Oc1ccccc1F)C(=O)NC(C)c1ncc[nH]1. The number of H-pyrrole nitrogens is 1. The number of benzene rings is 1. The summed E-state index contributed by atoms with van der Waals surface area (Å²) in [6.45, 7) is 3.36. The van der Waals surface area contributed by atoms with Crippen molar-refractivity contribution in [3.05, 3.63) is 48.3 Å². The zero-order chi connectivity index (χ0) is 14.5. The number of aromatic amines is 1. The molecular formula is C14H16FN3O2. The van der Waals surface area contributed by atoms with Gasteiger partial charge in [-0.2, -0.15) is 0 Å². The molecule has 5 nitrogen and oxygen atoms in total. The van der Waals surface area contributed by atoms with E-state index in [2.05, 4.69) is 15.3 Å². The van der Waals surface area contributed by atoms with Crippen molar-refractivity contribution in [1.82, 2.24) is 15.3 Å². The fourth-order valence-electron chi connectivity index (χ4n) is 1.70. The number of aromatic nitrogens is 2. The molecule has 1 aromatic heterocycles. The Kier molecular flexibility index (Phi) is 4.34. The van der Waals surface area contributed by atoms with Gasteiger partial charge in [0, 0.05) is 12.4 Å². The monoisotopic (exact) mass is 277 g/mol. The Morgan fingerprint density at radius 1 is 1.40 bits per heavy atom. The van der Waals surface area contributed by atoms with Gasteiger partial charge in [0.25, 0.3) is 5.91 Å². The van der Waals surface area contributed by atoms with E-state index in [0.717, 1.165) is 0 Å². The van der Waals surface area contributed by atoms with Gasteiger partial charge in [0.2, 0.25) is 0 Å². The highest BCUT2D eigenvalue weighted by Gasteiger charge is 2.19. The maximum Gasteiger partial charge on any atom is 0.261 e. The third kappa shape index (κ3) is 3.34. The summed E-state index contributed by atoms with van der Waals surface area (Å²) < 4.78 is 18.7. The molecule has 1 aromatic carbocycles. The van der Waals surface area contributed by atoms with Gasteiger partial charge >= 0.3 is 0 Å². The molecule has 2 rings (SSSR count). The molecule has 2 aromatic rings. The lowest BCUT2D eigenvalue weighted by molar-refractivity contribution is -0.128. The molecule has 0 fully saturated rings. The van der Waals surface area contributed by atoms with Crippen LogP contribution in [0.5, 0.6) is 5.75 Å². The number of nitrogens with one attached hydrogen (secondary N) is 2. The van der Waals surface area contributed by atoms with Gasteiger partial charge in [0.05, 0.1) is 6.04 Å². The summed E-state index contributed by atoms with van der Waals surface area (Å²) in [5.41, 5.74) is 0. The average Bonchev–Trinajstić information content (AvgIpc) is 2.95. The smallest absolute Gasteiger partial charge is 0.261 e. The van der Waals surface area contributed by atoms with Crippen molar-refractivity contribution >= 4 is 5.91 Å². The van der Waals surface area contributed by atoms with Crippen molar-refractivity contribution in [2.45, 2.75) is 26.0 Å². The highest BCUT2D eigenvalue weighted by Crippen LogP contribution is 2.17. The number of amides is 1. The first-order valence-electron chi connectivity index (χ1n) is 6.28. The molecule has 1 amide bonds. The van der Waals surface area contributed by atoms with Crippen LogP contribution in [0.15, 0.2) is 36.7 Å². The number of imidazole rings is 1. The van der Waals surface area contributed by atoms with Crippen molar-refractivity contribution in [2.24, 2.45) is 0 Å². The fraction of sp³-hybridized carbons (Fsp3) is 0.286. The van der Waals surface area contributed by atoms with Crippen LogP contribution in [0, 0.1) is 5.82 Å². The Morgan fingerprint density at radius 3 is 2.80 bits per heavy atom. The molecule has 6 heteroatoms. The van der Waals surface area contributed by atoms with Crippen molar-refractivity contribution in [3.8, 4) is 5.75 Å². The van der Waals surface area contributed by atoms with Gasteiger partial charge in [-0.15, -0.1) is 0 Å². The summed E-state index contributed by atoms with van der Waals surface area (Å²) >= 11 is 0. The molecule has 0 bridgehead atoms. The number of hydrogen-bond donors (Lipinski definition) is 2. The third-order valence-corrected chi connectivity index (χ3v) is 2.80. The van der Waals surface area contributed by atoms with Crippen LogP contribution in [-0.2, 0) is 4.79 Å². The lowest BCUT2D eigenvalue weighted by Crippen LogP contribution is -2.38. The predicted molar refractivity (Wildman–Crippen MR) is 71.6 cm³/mol. The molecule has 0 aliphatic carbocycles. The first kappa shape index (κ1) is 14.0. The number of carbonyl (C=O) groups excluding carboxylic acids is 1. The van der Waals surface area contributed by atoms with Crippen LogP contribution in [0.4, 0.5) is 4.39 Å². The van der Waals surface area contributed by atoms with E-state index in [1.54, 1.807) is 38.4 Å². The van der Waals surface area contributed by atoms with Gasteiger partial charge in [0.15, 0.2) is 17.7 Å². The molecular weight excluding hydrogens is 261 g/mol. The van der Waals surface area contributed by atoms with Crippen LogP contribution in [0.25, 0.3) is 0 Å². The standard InChI is InChI=1S/C14H16FN3O2/c1-9(13-16-7-8-17-13)18-14(19)10(2)20-12-6-4-3-5-11(12)15/h3-10H,1-2H3,(H,16,17)(H,18,19). The molecule has 2 unspecified atom stereocenters. The van der Waals surface area contributed by atoms with E-state index in [0.29, 0.717) is 5.82 Å². The van der Waals surface area contributed by atoms with Crippen LogP contribution < -0.4 is 10.1 Å². The number of hydrogen-bond acceptors (Lipinski definition) is 3. The first-order chi connectivity index (χ1) is 9.58. The molecule has 0 spiro atoms. The Hall–Kier alpha value is -2.37. The minimum atomic E-state index is -0.802. The van der Waals surface area contributed by atoms with E-state index in [1.807, 2.05) is 0 Å². The Morgan fingerprint density at radius 2 is 2.15 bits per heavy atom. The lowest BCUT2D eigenvalue weighted by Gasteiger charge is -2.17. The van der Waals surface area contributed by atoms with E-state index in [9.17, 15) is 9.18 Å². The van der Waals surface area contributed by atoms with Gasteiger partial charge in [-0.3, -0.25) is 4.79 Å². The molecule has 0 saturated heterocycles. The highest BCUT2D eigenvalue weighted by molar-refractivity contribution is 5.81. The number of nitrogens with zero attached hydrogens (tertiary/aromatic N) is 1. The Labute approximate surface area is 116 Å². The molecule has 0 aliphatic heterocycles. The molecule has 2 atom stereocenters. The Bertz CT molecular complexity index is 572. The zero-order valence-corrected chi connectivity index (χ0v) is 11.3. The van der Waals surface area contributed by atoms with Gasteiger partial charge in [-0.25, -0.2) is 9.37 Å². The highest BCUT2D eigenvalue weighted by atomic mass is 19.1. The summed E-state index contributed by atoms with van der Waals surface area (Å²) in [6.07, 6.45) is 2.48. The summed E-state index contributed by atoms with van der Waals surface area (Å²) in [6, 6.07) is 5.70. The van der Waals surface area contributed by atoms with Crippen LogP contribution in [0.3, 0.4) is 0 Å². The average molecular weight is 277 g/mol. The number of halogens is 1. The topological polar surface area (TPSA) is 67.0 Å². The predicted octanol–water partition coefficient (Wildman–Crippen LogP) is 2.19. The van der Waals surface area contributed by atoms with Crippen LogP contribution >= 0.6 is 0 Å². The summed E-state index contributed by atoms with van der Waals surface area (Å²) in [7, 11) is 0. The third-order valence-electron chi connectivity index (χ3n) is 2.80. The Balaban J connectivity index is 1.94. The van der Waals surface area contributed by atoms with E-state index in [4.69, 9.17) is 4.74 Å². The quantitative estimate of drug-likeness (QED) is 0.880. The van der Waals surface area contributed by atoms with Crippen molar-refractivity contribution in [1.29, 1.82) is 0 Å². The summed E-state index contributed by atoms with van der Waals surface area (Å²) in [5.74, 6) is -0.124. The second kappa shape index (κ2) is 6.18. The van der Waals surface area contributed by atoms with E-state index in [1.165, 1.54) is 12.1 Å². The normalized spacial score (nSPS) is 13.6. The first-order valence-corrected chi connectivity index (χ1v) is 6.28. The van der Waals surface area contributed by atoms with E-state index < -0.39 is 11.9 Å². The van der Waals surface area contributed by atoms with Gasteiger partial charge in [0.1, 0.15) is 5.82 Å². The fourth-order valence-corrected chi connectivity index (χ4v) is 1.70. The summed E-state index contributed by atoms with van der Waals surface area (Å²) in [4.78, 5) is 18.9. The number of rotatable bonds is 5. The molecule has 2 N–H and O–H groups in total. The number of para-hydroxylation sites is 1. The lowest BCUT2D eigenvalue weighted by atomic mass is 10.2. The second-order valence-corrected chi connectivity index (χ2v) is 4.40. The van der Waals surface area contributed by atoms with Crippen molar-refractivity contribution in [2.75, 3.05) is 0 Å². The molecule has 106 valence electrons. The van der Waals surface area contributed by atoms with Crippen LogP contribution in [-0.4, -0.2) is 22.0 Å². The molecule has 0 aliphatic rings. The number of ether oxygens (including phenoxy) is 1. The van der Waals surface area contributed by atoms with Gasteiger partial charge in [-0.1, -0.05) is 12.1 Å². The largest absolute Gasteiger partial charge is 0.478 e. The van der Waals surface area contributed by atoms with Crippen LogP contribution in [0.1, 0.15) is 25.7 Å². The molecule has 0 saturated carbocycles. The maximum atomic E-state index is 13.4. The van der Waals surface area contributed by atoms with Crippen molar-refractivity contribution < 1.29 is 13.9 Å². The molecule has 0 radical (unpaired) electrons. The molecule has 1 heterocycles. The number of carbonyl (C=O) groups is 1. The van der Waals surface area contributed by atoms with E-state index >= 15 is 0 Å². The second-order valence-electron chi connectivity index (χ2n) is 4.40. The van der Waals surface area contributed by atoms with E-state index in [-0.39, 0.29) is 17.7 Å². The summed E-state index contributed by atoms with van der Waals surface area (Å²) in [5, 5.41) is 2.74. The van der Waals surface area contributed by atoms with Gasteiger partial charge in [-0.05, 0) is 26.0 Å². The molecule has 20 heavy (non-hydrogen) atoms. The van der Waals surface area contributed by atoms with Crippen molar-refractivity contribution in [3.63, 3.8) is 0 Å². The minimum Gasteiger partial charge on any atom is -0.478 e. The zero-order valence-electron chi connectivity index (χ0n) is 11.3. The maximum absolute atomic E-state index is 13.4. The van der Waals surface area contributed by atoms with Crippen LogP contribution in [0.2, 0.25) is 0 Å². The van der Waals surface area contributed by atoms with Gasteiger partial charge < -0.3 is 15.0 Å². The minimum absolute atomic E-state index is 0.0563.